The summed E-state index contributed by atoms with van der Waals surface area (Å²) in [4.78, 5) is 0. The Labute approximate surface area is 85.8 Å². The fraction of sp³-hybridized carbons (Fsp3) is 0.538. The molecule has 1 aromatic rings. The first kappa shape index (κ1) is 9.72. The number of rotatable bonds is 0. The van der Waals surface area contributed by atoms with E-state index in [2.05, 4.69) is 26.8 Å². The Morgan fingerprint density at radius 3 is 2.29 bits per heavy atom. The van der Waals surface area contributed by atoms with Gasteiger partial charge in [-0.2, -0.15) is 0 Å². The van der Waals surface area contributed by atoms with Gasteiger partial charge in [0.2, 0.25) is 0 Å². The zero-order valence-corrected chi connectivity index (χ0v) is 9.33. The van der Waals surface area contributed by atoms with Crippen LogP contribution >= 0.6 is 0 Å². The Morgan fingerprint density at radius 1 is 1.14 bits per heavy atom. The molecule has 2 unspecified atom stereocenters. The SMILES string of the molecule is CC1c2ccccc2C(C)(O)C1(C)C. The molecule has 1 nitrogen and oxygen atoms in total. The molecule has 0 amide bonds. The summed E-state index contributed by atoms with van der Waals surface area (Å²) in [5.41, 5.74) is 1.60. The van der Waals surface area contributed by atoms with Crippen molar-refractivity contribution in [2.75, 3.05) is 0 Å². The van der Waals surface area contributed by atoms with E-state index in [0.717, 1.165) is 5.56 Å². The molecule has 76 valence electrons. The summed E-state index contributed by atoms with van der Waals surface area (Å²) in [6, 6.07) is 8.22. The van der Waals surface area contributed by atoms with Crippen LogP contribution in [0.5, 0.6) is 0 Å². The molecule has 1 aromatic carbocycles. The van der Waals surface area contributed by atoms with Gasteiger partial charge in [-0.3, -0.25) is 0 Å². The number of hydrogen-bond donors (Lipinski definition) is 1. The average molecular weight is 190 g/mol. The van der Waals surface area contributed by atoms with Gasteiger partial charge >= 0.3 is 0 Å². The molecule has 0 fully saturated rings. The van der Waals surface area contributed by atoms with E-state index in [1.807, 2.05) is 25.1 Å². The van der Waals surface area contributed by atoms with E-state index in [1.54, 1.807) is 0 Å². The largest absolute Gasteiger partial charge is 0.385 e. The number of hydrogen-bond acceptors (Lipinski definition) is 1. The van der Waals surface area contributed by atoms with Gasteiger partial charge in [-0.1, -0.05) is 45.0 Å². The van der Waals surface area contributed by atoms with Crippen molar-refractivity contribution in [1.29, 1.82) is 0 Å². The maximum atomic E-state index is 10.5. The minimum atomic E-state index is -0.705. The molecule has 1 N–H and O–H groups in total. The summed E-state index contributed by atoms with van der Waals surface area (Å²) in [5.74, 6) is 0.411. The Balaban J connectivity index is 2.68. The Hall–Kier alpha value is -0.820. The normalized spacial score (nSPS) is 34.2. The Morgan fingerprint density at radius 2 is 1.71 bits per heavy atom. The van der Waals surface area contributed by atoms with Crippen molar-refractivity contribution < 1.29 is 5.11 Å². The van der Waals surface area contributed by atoms with Crippen LogP contribution in [0.2, 0.25) is 0 Å². The zero-order valence-electron chi connectivity index (χ0n) is 9.33. The fourth-order valence-corrected chi connectivity index (χ4v) is 2.48. The van der Waals surface area contributed by atoms with Crippen LogP contribution in [0.3, 0.4) is 0 Å². The fourth-order valence-electron chi connectivity index (χ4n) is 2.48. The molecule has 0 saturated heterocycles. The molecular formula is C13H18O. The van der Waals surface area contributed by atoms with E-state index in [9.17, 15) is 5.11 Å². The third-order valence-electron chi connectivity index (χ3n) is 4.29. The minimum Gasteiger partial charge on any atom is -0.385 e. The molecule has 0 bridgehead atoms. The van der Waals surface area contributed by atoms with Crippen LogP contribution in [0.25, 0.3) is 0 Å². The average Bonchev–Trinajstić information content (AvgIpc) is 2.27. The smallest absolute Gasteiger partial charge is 0.0927 e. The van der Waals surface area contributed by atoms with Gasteiger partial charge in [0.1, 0.15) is 0 Å². The first-order valence-electron chi connectivity index (χ1n) is 5.21. The van der Waals surface area contributed by atoms with Crippen molar-refractivity contribution in [3.8, 4) is 0 Å². The minimum absolute atomic E-state index is 0.0866. The topological polar surface area (TPSA) is 20.2 Å². The zero-order chi connectivity index (χ0) is 10.6. The predicted octanol–water partition coefficient (Wildman–Crippen LogP) is 3.04. The summed E-state index contributed by atoms with van der Waals surface area (Å²) in [5, 5.41) is 10.5. The monoisotopic (exact) mass is 190 g/mol. The second kappa shape index (κ2) is 2.60. The highest BCUT2D eigenvalue weighted by Gasteiger charge is 2.51. The van der Waals surface area contributed by atoms with Crippen molar-refractivity contribution in [1.82, 2.24) is 0 Å². The van der Waals surface area contributed by atoms with Gasteiger partial charge in [-0.15, -0.1) is 0 Å². The molecule has 2 atom stereocenters. The number of benzene rings is 1. The van der Waals surface area contributed by atoms with E-state index in [-0.39, 0.29) is 5.41 Å². The molecule has 1 aliphatic carbocycles. The second-order valence-electron chi connectivity index (χ2n) is 5.10. The van der Waals surface area contributed by atoms with Crippen molar-refractivity contribution in [2.24, 2.45) is 5.41 Å². The standard InChI is InChI=1S/C13H18O/c1-9-10-7-5-6-8-11(10)13(4,14)12(9,2)3/h5-9,14H,1-4H3. The van der Waals surface area contributed by atoms with Gasteiger partial charge in [0.25, 0.3) is 0 Å². The van der Waals surface area contributed by atoms with E-state index in [4.69, 9.17) is 0 Å². The third kappa shape index (κ3) is 0.936. The first-order chi connectivity index (χ1) is 6.39. The van der Waals surface area contributed by atoms with Crippen LogP contribution in [0, 0.1) is 5.41 Å². The molecule has 1 aliphatic rings. The quantitative estimate of drug-likeness (QED) is 0.666. The lowest BCUT2D eigenvalue weighted by atomic mass is 9.72. The van der Waals surface area contributed by atoms with E-state index in [1.165, 1.54) is 5.56 Å². The summed E-state index contributed by atoms with van der Waals surface area (Å²) in [7, 11) is 0. The molecule has 0 aromatic heterocycles. The Bertz CT molecular complexity index is 363. The summed E-state index contributed by atoms with van der Waals surface area (Å²) < 4.78 is 0. The van der Waals surface area contributed by atoms with Crippen LogP contribution < -0.4 is 0 Å². The van der Waals surface area contributed by atoms with Crippen molar-refractivity contribution >= 4 is 0 Å². The van der Waals surface area contributed by atoms with Gasteiger partial charge in [0, 0.05) is 5.41 Å². The molecule has 2 rings (SSSR count). The summed E-state index contributed by atoms with van der Waals surface area (Å²) in [6.45, 7) is 8.39. The lowest BCUT2D eigenvalue weighted by Crippen LogP contribution is -2.36. The third-order valence-corrected chi connectivity index (χ3v) is 4.29. The van der Waals surface area contributed by atoms with Gasteiger partial charge < -0.3 is 5.11 Å². The molecule has 1 heteroatoms. The van der Waals surface area contributed by atoms with Gasteiger partial charge in [-0.25, -0.2) is 0 Å². The number of aliphatic hydroxyl groups is 1. The van der Waals surface area contributed by atoms with E-state index >= 15 is 0 Å². The maximum Gasteiger partial charge on any atom is 0.0927 e. The van der Waals surface area contributed by atoms with Crippen LogP contribution in [-0.4, -0.2) is 5.11 Å². The summed E-state index contributed by atoms with van der Waals surface area (Å²) in [6.07, 6.45) is 0. The molecular weight excluding hydrogens is 172 g/mol. The molecule has 0 heterocycles. The molecule has 0 saturated carbocycles. The highest BCUT2D eigenvalue weighted by molar-refractivity contribution is 5.43. The van der Waals surface area contributed by atoms with Crippen molar-refractivity contribution in [3.63, 3.8) is 0 Å². The second-order valence-corrected chi connectivity index (χ2v) is 5.10. The van der Waals surface area contributed by atoms with Gasteiger partial charge in [-0.05, 0) is 24.0 Å². The summed E-state index contributed by atoms with van der Waals surface area (Å²) >= 11 is 0. The van der Waals surface area contributed by atoms with Gasteiger partial charge in [0.05, 0.1) is 5.60 Å². The molecule has 0 radical (unpaired) electrons. The van der Waals surface area contributed by atoms with Crippen LogP contribution in [0.1, 0.15) is 44.7 Å². The highest BCUT2D eigenvalue weighted by Crippen LogP contribution is 2.56. The lowest BCUT2D eigenvalue weighted by molar-refractivity contribution is -0.0521. The van der Waals surface area contributed by atoms with Gasteiger partial charge in [0.15, 0.2) is 0 Å². The van der Waals surface area contributed by atoms with Crippen molar-refractivity contribution in [3.05, 3.63) is 35.4 Å². The molecule has 0 spiro atoms. The molecule has 0 aliphatic heterocycles. The van der Waals surface area contributed by atoms with Crippen LogP contribution in [-0.2, 0) is 5.60 Å². The predicted molar refractivity (Wildman–Crippen MR) is 58.2 cm³/mol. The van der Waals surface area contributed by atoms with E-state index in [0.29, 0.717) is 5.92 Å². The maximum absolute atomic E-state index is 10.5. The van der Waals surface area contributed by atoms with E-state index < -0.39 is 5.60 Å². The first-order valence-corrected chi connectivity index (χ1v) is 5.21. The molecule has 14 heavy (non-hydrogen) atoms. The van der Waals surface area contributed by atoms with Crippen molar-refractivity contribution in [2.45, 2.75) is 39.2 Å². The van der Waals surface area contributed by atoms with Crippen LogP contribution in [0.15, 0.2) is 24.3 Å². The highest BCUT2D eigenvalue weighted by atomic mass is 16.3. The number of fused-ring (bicyclic) bond motifs is 1. The Kier molecular flexibility index (Phi) is 1.81. The van der Waals surface area contributed by atoms with Crippen LogP contribution in [0.4, 0.5) is 0 Å². The lowest BCUT2D eigenvalue weighted by Gasteiger charge is -2.37.